The number of likely N-dealkylation sites (tertiary alicyclic amines) is 1. The number of benzene rings is 2. The summed E-state index contributed by atoms with van der Waals surface area (Å²) < 4.78 is 33.9. The average Bonchev–Trinajstić information content (AvgIpc) is 2.99. The van der Waals surface area contributed by atoms with Gasteiger partial charge >= 0.3 is 5.97 Å². The van der Waals surface area contributed by atoms with E-state index in [2.05, 4.69) is 4.72 Å². The lowest BCUT2D eigenvalue weighted by Crippen LogP contribution is -2.48. The summed E-state index contributed by atoms with van der Waals surface area (Å²) in [6.07, 6.45) is 2.12. The molecule has 242 valence electrons. The first-order chi connectivity index (χ1) is 20.8. The largest absolute Gasteiger partial charge is 0.466 e. The van der Waals surface area contributed by atoms with Crippen LogP contribution in [0.25, 0.3) is 10.8 Å². The lowest BCUT2D eigenvalue weighted by Gasteiger charge is -2.35. The summed E-state index contributed by atoms with van der Waals surface area (Å²) in [6, 6.07) is 11.0. The number of ether oxygens (including phenoxy) is 1. The zero-order valence-electron chi connectivity index (χ0n) is 26.1. The molecule has 1 aliphatic heterocycles. The Morgan fingerprint density at radius 3 is 2.50 bits per heavy atom. The van der Waals surface area contributed by atoms with Gasteiger partial charge in [0.25, 0.3) is 0 Å². The highest BCUT2D eigenvalue weighted by atomic mass is 32.2. The Balaban J connectivity index is 1.64. The van der Waals surface area contributed by atoms with Crippen LogP contribution in [0.5, 0.6) is 0 Å². The van der Waals surface area contributed by atoms with Crippen LogP contribution in [0.1, 0.15) is 46.5 Å². The third-order valence-corrected chi connectivity index (χ3v) is 9.50. The van der Waals surface area contributed by atoms with Crippen LogP contribution >= 0.6 is 0 Å². The number of rotatable bonds is 14. The van der Waals surface area contributed by atoms with Gasteiger partial charge in [0.1, 0.15) is 0 Å². The van der Waals surface area contributed by atoms with Gasteiger partial charge in [0.05, 0.1) is 24.0 Å². The molecule has 0 saturated carbocycles. The van der Waals surface area contributed by atoms with Gasteiger partial charge in [-0.1, -0.05) is 37.3 Å². The molecular weight excluding hydrogens is 584 g/mol. The number of guanidine groups is 1. The minimum Gasteiger partial charge on any atom is -0.466 e. The monoisotopic (exact) mass is 630 g/mol. The molecule has 3 rings (SSSR count). The summed E-state index contributed by atoms with van der Waals surface area (Å²) in [5.41, 5.74) is 5.65. The smallest absolute Gasteiger partial charge is 0.307 e. The van der Waals surface area contributed by atoms with Crippen LogP contribution in [0.15, 0.2) is 47.4 Å². The van der Waals surface area contributed by atoms with Crippen molar-refractivity contribution >= 4 is 44.5 Å². The Labute approximate surface area is 260 Å². The number of sulfonamides is 1. The van der Waals surface area contributed by atoms with Crippen LogP contribution in [-0.4, -0.2) is 99.3 Å². The Hall–Kier alpha value is -3.71. The highest BCUT2D eigenvalue weighted by Crippen LogP contribution is 2.20. The Bertz CT molecular complexity index is 1430. The summed E-state index contributed by atoms with van der Waals surface area (Å²) in [4.78, 5) is 43.8. The van der Waals surface area contributed by atoms with Gasteiger partial charge in [-0.2, -0.15) is 4.72 Å². The molecule has 2 aromatic rings. The topological polar surface area (TPSA) is 166 Å². The van der Waals surface area contributed by atoms with Crippen molar-refractivity contribution in [3.63, 3.8) is 0 Å². The number of nitrogens with one attached hydrogen (secondary N) is 2. The summed E-state index contributed by atoms with van der Waals surface area (Å²) in [6.45, 7) is 7.25. The minimum absolute atomic E-state index is 0.0272. The Morgan fingerprint density at radius 2 is 1.82 bits per heavy atom. The molecule has 0 aromatic heterocycles. The maximum atomic E-state index is 13.5. The van der Waals surface area contributed by atoms with Gasteiger partial charge in [-0.25, -0.2) is 8.42 Å². The third-order valence-electron chi connectivity index (χ3n) is 7.96. The SMILES string of the molecule is CCOC(=O)CCN(CCC(C)C(=O)N(C)CC1CCCN(C(=N)N)C1)C(=O)C(C)NS(=O)(=O)c1ccc2ccccc2c1. The van der Waals surface area contributed by atoms with E-state index in [1.807, 2.05) is 29.2 Å². The lowest BCUT2D eigenvalue weighted by atomic mass is 9.97. The van der Waals surface area contributed by atoms with Gasteiger partial charge in [-0.05, 0) is 61.9 Å². The second kappa shape index (κ2) is 15.8. The van der Waals surface area contributed by atoms with Gasteiger partial charge in [-0.15, -0.1) is 0 Å². The maximum absolute atomic E-state index is 13.5. The Morgan fingerprint density at radius 1 is 1.11 bits per heavy atom. The highest BCUT2D eigenvalue weighted by Gasteiger charge is 2.29. The summed E-state index contributed by atoms with van der Waals surface area (Å²) in [7, 11) is -2.27. The summed E-state index contributed by atoms with van der Waals surface area (Å²) >= 11 is 0. The molecule has 3 unspecified atom stereocenters. The zero-order chi connectivity index (χ0) is 32.4. The number of nitrogens with zero attached hydrogens (tertiary/aromatic N) is 3. The van der Waals surface area contributed by atoms with Crippen LogP contribution in [0.4, 0.5) is 0 Å². The Kier molecular flexibility index (Phi) is 12.5. The minimum atomic E-state index is -4.02. The molecule has 1 saturated heterocycles. The van der Waals surface area contributed by atoms with Crippen LogP contribution in [0.2, 0.25) is 0 Å². The van der Waals surface area contributed by atoms with Crippen molar-refractivity contribution < 1.29 is 27.5 Å². The van der Waals surface area contributed by atoms with E-state index in [9.17, 15) is 22.8 Å². The molecule has 13 heteroatoms. The molecular formula is C31H46N6O6S. The zero-order valence-corrected chi connectivity index (χ0v) is 26.9. The second-order valence-corrected chi connectivity index (χ2v) is 13.2. The molecule has 0 spiro atoms. The number of fused-ring (bicyclic) bond motifs is 1. The van der Waals surface area contributed by atoms with E-state index >= 15 is 0 Å². The lowest BCUT2D eigenvalue weighted by molar-refractivity contribution is -0.144. The normalized spacial score (nSPS) is 16.6. The molecule has 3 atom stereocenters. The van der Waals surface area contributed by atoms with Gasteiger partial charge < -0.3 is 25.2 Å². The van der Waals surface area contributed by atoms with E-state index in [4.69, 9.17) is 15.9 Å². The summed E-state index contributed by atoms with van der Waals surface area (Å²) in [5, 5.41) is 9.36. The average molecular weight is 631 g/mol. The fourth-order valence-corrected chi connectivity index (χ4v) is 6.74. The van der Waals surface area contributed by atoms with Crippen LogP contribution in [0.3, 0.4) is 0 Å². The molecule has 12 nitrogen and oxygen atoms in total. The standard InChI is InChI=1S/C31H46N6O6S/c1-5-43-28(38)15-18-36(17-14-22(2)29(39)35(4)20-24-9-8-16-37(21-24)31(32)33)30(40)23(3)34-44(41,42)27-13-12-25-10-6-7-11-26(25)19-27/h6-7,10-13,19,22-24,34H,5,8-9,14-18,20-21H2,1-4H3,(H3,32,33). The number of carbonyl (C=O) groups excluding carboxylic acids is 3. The molecule has 0 bridgehead atoms. The molecule has 0 aliphatic carbocycles. The van der Waals surface area contributed by atoms with E-state index in [1.54, 1.807) is 37.9 Å². The molecule has 0 radical (unpaired) electrons. The van der Waals surface area contributed by atoms with Gasteiger partial charge in [0, 0.05) is 45.7 Å². The van der Waals surface area contributed by atoms with Crippen molar-refractivity contribution in [2.45, 2.75) is 57.4 Å². The molecule has 4 N–H and O–H groups in total. The molecule has 1 fully saturated rings. The first-order valence-electron chi connectivity index (χ1n) is 15.1. The van der Waals surface area contributed by atoms with Crippen molar-refractivity contribution in [1.82, 2.24) is 19.4 Å². The highest BCUT2D eigenvalue weighted by molar-refractivity contribution is 7.89. The number of carbonyl (C=O) groups is 3. The van der Waals surface area contributed by atoms with E-state index < -0.39 is 33.9 Å². The van der Waals surface area contributed by atoms with E-state index in [1.165, 1.54) is 17.9 Å². The molecule has 2 aromatic carbocycles. The van der Waals surface area contributed by atoms with Crippen molar-refractivity contribution in [3.8, 4) is 0 Å². The number of hydrogen-bond acceptors (Lipinski definition) is 7. The quantitative estimate of drug-likeness (QED) is 0.163. The fourth-order valence-electron chi connectivity index (χ4n) is 5.51. The number of hydrogen-bond donors (Lipinski definition) is 3. The first-order valence-corrected chi connectivity index (χ1v) is 16.6. The van der Waals surface area contributed by atoms with Crippen LogP contribution < -0.4 is 10.5 Å². The predicted molar refractivity (Wildman–Crippen MR) is 169 cm³/mol. The van der Waals surface area contributed by atoms with Crippen LogP contribution in [-0.2, 0) is 29.1 Å². The fraction of sp³-hybridized carbons (Fsp3) is 0.548. The summed E-state index contributed by atoms with van der Waals surface area (Å²) in [5.74, 6) is -1.22. The van der Waals surface area contributed by atoms with Gasteiger partial charge in [0.2, 0.25) is 21.8 Å². The van der Waals surface area contributed by atoms with Gasteiger partial charge in [-0.3, -0.25) is 19.8 Å². The van der Waals surface area contributed by atoms with E-state index in [-0.39, 0.29) is 48.8 Å². The number of nitrogens with two attached hydrogens (primary N) is 1. The van der Waals surface area contributed by atoms with Crippen molar-refractivity contribution in [3.05, 3.63) is 42.5 Å². The third kappa shape index (κ3) is 9.65. The molecule has 44 heavy (non-hydrogen) atoms. The molecule has 1 aliphatic rings. The number of amides is 2. The van der Waals surface area contributed by atoms with Gasteiger partial charge in [0.15, 0.2) is 5.96 Å². The van der Waals surface area contributed by atoms with E-state index in [0.29, 0.717) is 19.5 Å². The van der Waals surface area contributed by atoms with Crippen molar-refractivity contribution in [1.29, 1.82) is 5.41 Å². The molecule has 2 amide bonds. The predicted octanol–water partition coefficient (Wildman–Crippen LogP) is 2.38. The number of piperidine rings is 1. The maximum Gasteiger partial charge on any atom is 0.307 e. The number of esters is 1. The van der Waals surface area contributed by atoms with Crippen LogP contribution in [0, 0.1) is 17.2 Å². The molecule has 1 heterocycles. The van der Waals surface area contributed by atoms with E-state index in [0.717, 1.165) is 30.2 Å². The van der Waals surface area contributed by atoms with Crippen molar-refractivity contribution in [2.24, 2.45) is 17.6 Å². The van der Waals surface area contributed by atoms with Crippen molar-refractivity contribution in [2.75, 3.05) is 46.4 Å². The second-order valence-electron chi connectivity index (χ2n) is 11.5. The first kappa shape index (κ1) is 34.8.